The van der Waals surface area contributed by atoms with Crippen LogP contribution in [-0.4, -0.2) is 12.5 Å². The molecular formula is C34H34N2O3. The highest BCUT2D eigenvalue weighted by molar-refractivity contribution is 5.72. The van der Waals surface area contributed by atoms with E-state index in [0.717, 1.165) is 47.5 Å². The van der Waals surface area contributed by atoms with Crippen LogP contribution in [0, 0.1) is 18.3 Å². The van der Waals surface area contributed by atoms with Gasteiger partial charge in [-0.3, -0.25) is 4.79 Å². The Labute approximate surface area is 231 Å². The summed E-state index contributed by atoms with van der Waals surface area (Å²) in [4.78, 5) is 11.1. The van der Waals surface area contributed by atoms with Gasteiger partial charge in [-0.25, -0.2) is 0 Å². The fourth-order valence-electron chi connectivity index (χ4n) is 4.49. The number of unbranched alkanes of at least 4 members (excludes halogenated alkanes) is 1. The lowest BCUT2D eigenvalue weighted by atomic mass is 9.97. The van der Waals surface area contributed by atoms with Crippen molar-refractivity contribution in [2.75, 3.05) is 6.54 Å². The summed E-state index contributed by atoms with van der Waals surface area (Å²) in [7, 11) is 0. The first kappa shape index (κ1) is 27.5. The van der Waals surface area contributed by atoms with Crippen molar-refractivity contribution in [2.24, 2.45) is 0 Å². The molecule has 1 N–H and O–H groups in total. The Morgan fingerprint density at radius 1 is 0.846 bits per heavy atom. The number of amides is 1. The normalized spacial score (nSPS) is 10.5. The van der Waals surface area contributed by atoms with Gasteiger partial charge in [-0.15, -0.1) is 0 Å². The molecule has 0 saturated carbocycles. The second kappa shape index (κ2) is 13.8. The molecule has 0 bridgehead atoms. The summed E-state index contributed by atoms with van der Waals surface area (Å²) in [5.41, 5.74) is 7.36. The molecule has 0 aromatic heterocycles. The van der Waals surface area contributed by atoms with E-state index in [-0.39, 0.29) is 5.91 Å². The number of hydrogen-bond acceptors (Lipinski definition) is 4. The summed E-state index contributed by atoms with van der Waals surface area (Å²) in [6, 6.07) is 32.3. The van der Waals surface area contributed by atoms with Crippen LogP contribution in [0.5, 0.6) is 11.5 Å². The number of hydrogen-bond donors (Lipinski definition) is 1. The number of aryl methyl sites for hydroxylation is 1. The van der Waals surface area contributed by atoms with Crippen LogP contribution in [0.15, 0.2) is 91.0 Å². The van der Waals surface area contributed by atoms with Crippen LogP contribution in [0.1, 0.15) is 47.6 Å². The number of nitrogens with zero attached hydrogens (tertiary/aromatic N) is 1. The summed E-state index contributed by atoms with van der Waals surface area (Å²) >= 11 is 0. The molecular weight excluding hydrogens is 484 g/mol. The average Bonchev–Trinajstić information content (AvgIpc) is 2.96. The number of carbonyl (C=O) groups is 1. The van der Waals surface area contributed by atoms with Crippen LogP contribution in [0.3, 0.4) is 0 Å². The molecule has 4 aromatic carbocycles. The van der Waals surface area contributed by atoms with Crippen molar-refractivity contribution in [2.45, 2.75) is 46.3 Å². The van der Waals surface area contributed by atoms with E-state index in [1.165, 1.54) is 23.6 Å². The lowest BCUT2D eigenvalue weighted by Crippen LogP contribution is -2.20. The Bertz CT molecular complexity index is 1440. The van der Waals surface area contributed by atoms with Crippen LogP contribution >= 0.6 is 0 Å². The Kier molecular flexibility index (Phi) is 9.74. The fraction of sp³-hybridized carbons (Fsp3) is 0.235. The maximum Gasteiger partial charge on any atom is 0.216 e. The van der Waals surface area contributed by atoms with Gasteiger partial charge >= 0.3 is 0 Å². The fourth-order valence-corrected chi connectivity index (χ4v) is 4.49. The van der Waals surface area contributed by atoms with E-state index in [4.69, 9.17) is 9.47 Å². The molecule has 39 heavy (non-hydrogen) atoms. The predicted octanol–water partition coefficient (Wildman–Crippen LogP) is 7.15. The molecule has 0 unspecified atom stereocenters. The monoisotopic (exact) mass is 518 g/mol. The minimum atomic E-state index is -0.00957. The summed E-state index contributed by atoms with van der Waals surface area (Å²) in [5.74, 6) is 1.50. The molecule has 0 heterocycles. The smallest absolute Gasteiger partial charge is 0.216 e. The lowest BCUT2D eigenvalue weighted by Gasteiger charge is -2.16. The number of ether oxygens (including phenoxy) is 2. The third-order valence-corrected chi connectivity index (χ3v) is 6.66. The number of nitrogens with one attached hydrogen (secondary N) is 1. The second-order valence-electron chi connectivity index (χ2n) is 9.55. The zero-order valence-corrected chi connectivity index (χ0v) is 22.6. The van der Waals surface area contributed by atoms with E-state index in [0.29, 0.717) is 25.3 Å². The summed E-state index contributed by atoms with van der Waals surface area (Å²) < 4.78 is 12.5. The molecule has 4 rings (SSSR count). The molecule has 5 heteroatoms. The second-order valence-corrected chi connectivity index (χ2v) is 9.55. The quantitative estimate of drug-likeness (QED) is 0.202. The molecule has 5 nitrogen and oxygen atoms in total. The van der Waals surface area contributed by atoms with Crippen LogP contribution in [-0.2, 0) is 24.4 Å². The van der Waals surface area contributed by atoms with Gasteiger partial charge in [-0.1, -0.05) is 66.7 Å². The third kappa shape index (κ3) is 7.96. The van der Waals surface area contributed by atoms with Gasteiger partial charge < -0.3 is 14.8 Å². The zero-order valence-electron chi connectivity index (χ0n) is 22.6. The number of rotatable bonds is 12. The van der Waals surface area contributed by atoms with E-state index < -0.39 is 0 Å². The van der Waals surface area contributed by atoms with Crippen molar-refractivity contribution < 1.29 is 14.3 Å². The average molecular weight is 519 g/mol. The van der Waals surface area contributed by atoms with Crippen LogP contribution in [0.25, 0.3) is 11.1 Å². The minimum Gasteiger partial charge on any atom is -0.489 e. The summed E-state index contributed by atoms with van der Waals surface area (Å²) in [6.07, 6.45) is 2.64. The largest absolute Gasteiger partial charge is 0.489 e. The van der Waals surface area contributed by atoms with E-state index in [2.05, 4.69) is 66.8 Å². The Morgan fingerprint density at radius 3 is 2.46 bits per heavy atom. The first-order valence-corrected chi connectivity index (χ1v) is 13.3. The molecule has 0 fully saturated rings. The van der Waals surface area contributed by atoms with Crippen molar-refractivity contribution in [3.8, 4) is 28.7 Å². The molecule has 0 saturated heterocycles. The minimum absolute atomic E-state index is 0.00957. The van der Waals surface area contributed by atoms with E-state index in [9.17, 15) is 10.1 Å². The Morgan fingerprint density at radius 2 is 1.67 bits per heavy atom. The number of benzene rings is 4. The maximum absolute atomic E-state index is 11.1. The van der Waals surface area contributed by atoms with E-state index in [1.807, 2.05) is 36.4 Å². The third-order valence-electron chi connectivity index (χ3n) is 6.66. The summed E-state index contributed by atoms with van der Waals surface area (Å²) in [6.45, 7) is 5.14. The number of nitriles is 1. The topological polar surface area (TPSA) is 71.3 Å². The van der Waals surface area contributed by atoms with Crippen molar-refractivity contribution >= 4 is 5.91 Å². The molecule has 0 atom stereocenters. The van der Waals surface area contributed by atoms with Crippen LogP contribution < -0.4 is 14.8 Å². The predicted molar refractivity (Wildman–Crippen MR) is 154 cm³/mol. The van der Waals surface area contributed by atoms with Gasteiger partial charge in [0, 0.05) is 19.5 Å². The molecule has 198 valence electrons. The van der Waals surface area contributed by atoms with Gasteiger partial charge in [-0.2, -0.15) is 5.26 Å². The van der Waals surface area contributed by atoms with Gasteiger partial charge in [0.05, 0.1) is 11.6 Å². The Hall–Kier alpha value is -4.56. The zero-order chi connectivity index (χ0) is 27.5. The molecule has 0 radical (unpaired) electrons. The first-order valence-electron chi connectivity index (χ1n) is 13.3. The van der Waals surface area contributed by atoms with Crippen molar-refractivity contribution in [3.05, 3.63) is 119 Å². The maximum atomic E-state index is 11.1. The van der Waals surface area contributed by atoms with Crippen LogP contribution in [0.2, 0.25) is 0 Å². The highest BCUT2D eigenvalue weighted by Crippen LogP contribution is 2.30. The van der Waals surface area contributed by atoms with E-state index in [1.54, 1.807) is 6.07 Å². The van der Waals surface area contributed by atoms with Crippen LogP contribution in [0.4, 0.5) is 0 Å². The summed E-state index contributed by atoms with van der Waals surface area (Å²) in [5, 5.41) is 12.1. The SMILES string of the molecule is CC(=O)NCCCCc1ccc(OCc2cccc(-c3ccccc3)c2C)cc1OCc1cccc(C#N)c1. The molecule has 4 aromatic rings. The highest BCUT2D eigenvalue weighted by atomic mass is 16.5. The van der Waals surface area contributed by atoms with Gasteiger partial charge in [0.25, 0.3) is 0 Å². The van der Waals surface area contributed by atoms with Gasteiger partial charge in [0.15, 0.2) is 0 Å². The van der Waals surface area contributed by atoms with E-state index >= 15 is 0 Å². The Balaban J connectivity index is 1.48. The van der Waals surface area contributed by atoms with Crippen molar-refractivity contribution in [3.63, 3.8) is 0 Å². The molecule has 0 aliphatic rings. The lowest BCUT2D eigenvalue weighted by molar-refractivity contribution is -0.118. The standard InChI is InChI=1S/C34H34N2O3/c1-25-31(15-9-16-33(25)29-12-4-3-5-13-29)24-38-32-18-17-30(14-6-7-19-36-26(2)37)34(21-32)39-23-28-11-8-10-27(20-28)22-35/h3-5,8-13,15-18,20-21H,6-7,14,19,23-24H2,1-2H3,(H,36,37). The highest BCUT2D eigenvalue weighted by Gasteiger charge is 2.10. The van der Waals surface area contributed by atoms with Gasteiger partial charge in [0.2, 0.25) is 5.91 Å². The molecule has 1 amide bonds. The van der Waals surface area contributed by atoms with Gasteiger partial charge in [0.1, 0.15) is 24.7 Å². The molecule has 0 aliphatic heterocycles. The van der Waals surface area contributed by atoms with Crippen molar-refractivity contribution in [1.82, 2.24) is 5.32 Å². The molecule has 0 aliphatic carbocycles. The van der Waals surface area contributed by atoms with Gasteiger partial charge in [-0.05, 0) is 77.8 Å². The number of carbonyl (C=O) groups excluding carboxylic acids is 1. The molecule has 0 spiro atoms. The first-order chi connectivity index (χ1) is 19.0. The van der Waals surface area contributed by atoms with Crippen molar-refractivity contribution in [1.29, 1.82) is 5.26 Å².